The largest absolute Gasteiger partial charge is 0.368 e. The highest BCUT2D eigenvalue weighted by Crippen LogP contribution is 2.32. The lowest BCUT2D eigenvalue weighted by atomic mass is 9.81. The minimum absolute atomic E-state index is 0.210. The second-order valence-electron chi connectivity index (χ2n) is 10.5. The van der Waals surface area contributed by atoms with E-state index in [9.17, 15) is 9.59 Å². The van der Waals surface area contributed by atoms with E-state index in [1.807, 2.05) is 31.2 Å². The SMILES string of the molecule is Cc1nc(N)ncc1-c1cccc(C[C@H](N)C(=O)N(C(=O)C2CCC(CN)CC2)c2ccc(-c3nn[nH]n3)cc2)c1. The highest BCUT2D eigenvalue weighted by Gasteiger charge is 2.35. The molecule has 2 aromatic heterocycles. The van der Waals surface area contributed by atoms with Crippen molar-refractivity contribution in [2.75, 3.05) is 17.2 Å². The molecule has 2 aromatic carbocycles. The Morgan fingerprint density at radius 3 is 2.49 bits per heavy atom. The first-order valence-corrected chi connectivity index (χ1v) is 13.7. The number of aryl methyl sites for hydroxylation is 1. The number of rotatable bonds is 8. The molecule has 1 aliphatic rings. The molecule has 1 fully saturated rings. The standard InChI is InChI=1S/C29H34N10O2/c1-17-24(16-33-29(32)34-17)22-4-2-3-19(13-22)14-25(31)28(41)39(27(40)21-7-5-18(15-30)6-8-21)23-11-9-20(10-12-23)26-35-37-38-36-26/h2-4,9-13,16,18,21,25H,5-8,14-15,30-31H2,1H3,(H2,32,33,34)(H,35,36,37,38)/t18?,21?,25-/m0/s1. The molecule has 5 rings (SSSR count). The normalized spacial score (nSPS) is 17.6. The van der Waals surface area contributed by atoms with Crippen LogP contribution in [0.2, 0.25) is 0 Å². The van der Waals surface area contributed by atoms with E-state index in [0.717, 1.165) is 35.2 Å². The number of hydrogen-bond acceptors (Lipinski definition) is 10. The third-order valence-electron chi connectivity index (χ3n) is 7.71. The van der Waals surface area contributed by atoms with Crippen LogP contribution in [0.25, 0.3) is 22.5 Å². The smallest absolute Gasteiger partial charge is 0.251 e. The number of carbonyl (C=O) groups excluding carboxylic acids is 2. The molecule has 4 aromatic rings. The summed E-state index contributed by atoms with van der Waals surface area (Å²) in [6.45, 7) is 2.47. The van der Waals surface area contributed by atoms with Crippen LogP contribution >= 0.6 is 0 Å². The third-order valence-corrected chi connectivity index (χ3v) is 7.71. The van der Waals surface area contributed by atoms with Gasteiger partial charge in [-0.15, -0.1) is 10.2 Å². The Balaban J connectivity index is 1.39. The van der Waals surface area contributed by atoms with E-state index >= 15 is 0 Å². The molecule has 1 aliphatic carbocycles. The molecule has 1 saturated carbocycles. The molecule has 2 heterocycles. The van der Waals surface area contributed by atoms with Crippen molar-refractivity contribution >= 4 is 23.5 Å². The fraction of sp³-hybridized carbons (Fsp3) is 0.345. The molecule has 0 spiro atoms. The van der Waals surface area contributed by atoms with E-state index in [0.29, 0.717) is 42.4 Å². The Hall–Kier alpha value is -4.55. The maximum atomic E-state index is 13.9. The first kappa shape index (κ1) is 28.0. The Morgan fingerprint density at radius 2 is 1.83 bits per heavy atom. The van der Waals surface area contributed by atoms with Gasteiger partial charge in [0, 0.05) is 23.2 Å². The van der Waals surface area contributed by atoms with Crippen LogP contribution in [0.15, 0.2) is 54.7 Å². The summed E-state index contributed by atoms with van der Waals surface area (Å²) in [6, 6.07) is 13.7. The molecule has 1 atom stereocenters. The Kier molecular flexibility index (Phi) is 8.41. The zero-order valence-electron chi connectivity index (χ0n) is 22.9. The fourth-order valence-corrected chi connectivity index (χ4v) is 5.38. The van der Waals surface area contributed by atoms with Crippen LogP contribution in [-0.4, -0.2) is 55.0 Å². The molecule has 0 unspecified atom stereocenters. The summed E-state index contributed by atoms with van der Waals surface area (Å²) in [5.41, 5.74) is 22.6. The number of nitrogens with two attached hydrogens (primary N) is 3. The number of benzene rings is 2. The Labute approximate surface area is 237 Å². The van der Waals surface area contributed by atoms with Crippen molar-refractivity contribution in [3.05, 3.63) is 66.0 Å². The summed E-state index contributed by atoms with van der Waals surface area (Å²) in [6.07, 6.45) is 5.02. The average Bonchev–Trinajstić information content (AvgIpc) is 3.53. The van der Waals surface area contributed by atoms with Gasteiger partial charge in [-0.1, -0.05) is 24.3 Å². The first-order valence-electron chi connectivity index (χ1n) is 13.7. The number of H-pyrrole nitrogens is 1. The van der Waals surface area contributed by atoms with E-state index in [1.54, 1.807) is 30.5 Å². The molecular formula is C29H34N10O2. The van der Waals surface area contributed by atoms with E-state index in [4.69, 9.17) is 17.2 Å². The number of tetrazole rings is 1. The number of imide groups is 1. The molecule has 0 saturated heterocycles. The molecule has 2 amide bonds. The Bertz CT molecular complexity index is 1500. The van der Waals surface area contributed by atoms with Gasteiger partial charge < -0.3 is 17.2 Å². The second-order valence-corrected chi connectivity index (χ2v) is 10.5. The highest BCUT2D eigenvalue weighted by atomic mass is 16.2. The van der Waals surface area contributed by atoms with Gasteiger partial charge in [-0.25, -0.2) is 14.9 Å². The van der Waals surface area contributed by atoms with Crippen LogP contribution in [0, 0.1) is 18.8 Å². The van der Waals surface area contributed by atoms with Crippen molar-refractivity contribution in [2.45, 2.75) is 45.1 Å². The van der Waals surface area contributed by atoms with Crippen LogP contribution in [0.3, 0.4) is 0 Å². The van der Waals surface area contributed by atoms with E-state index in [1.165, 1.54) is 4.90 Å². The monoisotopic (exact) mass is 554 g/mol. The van der Waals surface area contributed by atoms with E-state index in [-0.39, 0.29) is 24.2 Å². The van der Waals surface area contributed by atoms with E-state index in [2.05, 4.69) is 30.6 Å². The number of anilines is 2. The van der Waals surface area contributed by atoms with Gasteiger partial charge in [0.1, 0.15) is 0 Å². The van der Waals surface area contributed by atoms with Crippen molar-refractivity contribution in [1.82, 2.24) is 30.6 Å². The number of nitrogens with one attached hydrogen (secondary N) is 1. The highest BCUT2D eigenvalue weighted by molar-refractivity contribution is 6.17. The zero-order valence-corrected chi connectivity index (χ0v) is 22.9. The zero-order chi connectivity index (χ0) is 28.9. The van der Waals surface area contributed by atoms with E-state index < -0.39 is 11.9 Å². The van der Waals surface area contributed by atoms with Crippen LogP contribution in [0.1, 0.15) is 36.9 Å². The van der Waals surface area contributed by atoms with Crippen LogP contribution in [-0.2, 0) is 16.0 Å². The van der Waals surface area contributed by atoms with Gasteiger partial charge in [0.2, 0.25) is 17.7 Å². The maximum absolute atomic E-state index is 13.9. The van der Waals surface area contributed by atoms with Gasteiger partial charge >= 0.3 is 0 Å². The first-order chi connectivity index (χ1) is 19.8. The number of hydrogen-bond donors (Lipinski definition) is 4. The summed E-state index contributed by atoms with van der Waals surface area (Å²) >= 11 is 0. The quantitative estimate of drug-likeness (QED) is 0.251. The van der Waals surface area contributed by atoms with Gasteiger partial charge in [-0.3, -0.25) is 9.59 Å². The number of aromatic nitrogens is 6. The van der Waals surface area contributed by atoms with Crippen molar-refractivity contribution in [1.29, 1.82) is 0 Å². The van der Waals surface area contributed by atoms with Gasteiger partial charge in [0.05, 0.1) is 17.4 Å². The van der Waals surface area contributed by atoms with Gasteiger partial charge in [0.25, 0.3) is 5.91 Å². The average molecular weight is 555 g/mol. The molecule has 0 bridgehead atoms. The summed E-state index contributed by atoms with van der Waals surface area (Å²) < 4.78 is 0. The van der Waals surface area contributed by atoms with Crippen molar-refractivity contribution < 1.29 is 9.59 Å². The maximum Gasteiger partial charge on any atom is 0.251 e. The lowest BCUT2D eigenvalue weighted by molar-refractivity contribution is -0.130. The number of nitrogens with zero attached hydrogens (tertiary/aromatic N) is 6. The molecule has 7 N–H and O–H groups in total. The van der Waals surface area contributed by atoms with Gasteiger partial charge in [0.15, 0.2) is 0 Å². The molecule has 12 heteroatoms. The minimum atomic E-state index is -0.949. The Morgan fingerprint density at radius 1 is 1.07 bits per heavy atom. The van der Waals surface area contributed by atoms with Crippen LogP contribution in [0.5, 0.6) is 0 Å². The number of nitrogen functional groups attached to an aromatic ring is 1. The molecule has 12 nitrogen and oxygen atoms in total. The minimum Gasteiger partial charge on any atom is -0.368 e. The predicted octanol–water partition coefficient (Wildman–Crippen LogP) is 2.41. The summed E-state index contributed by atoms with van der Waals surface area (Å²) in [5.74, 6) is 0.0582. The van der Waals surface area contributed by atoms with Gasteiger partial charge in [-0.2, -0.15) is 5.21 Å². The van der Waals surface area contributed by atoms with Crippen LogP contribution in [0.4, 0.5) is 11.6 Å². The topological polar surface area (TPSA) is 196 Å². The third kappa shape index (κ3) is 6.28. The molecular weight excluding hydrogens is 520 g/mol. The van der Waals surface area contributed by atoms with Crippen molar-refractivity contribution in [2.24, 2.45) is 23.3 Å². The molecule has 0 radical (unpaired) electrons. The molecule has 0 aliphatic heterocycles. The number of aromatic amines is 1. The lowest BCUT2D eigenvalue weighted by Crippen LogP contribution is -2.50. The van der Waals surface area contributed by atoms with Crippen molar-refractivity contribution in [3.8, 4) is 22.5 Å². The number of carbonyl (C=O) groups is 2. The summed E-state index contributed by atoms with van der Waals surface area (Å²) in [4.78, 5) is 37.4. The molecule has 212 valence electrons. The predicted molar refractivity (Wildman–Crippen MR) is 155 cm³/mol. The molecule has 41 heavy (non-hydrogen) atoms. The van der Waals surface area contributed by atoms with Crippen LogP contribution < -0.4 is 22.1 Å². The summed E-state index contributed by atoms with van der Waals surface area (Å²) in [5, 5.41) is 14.0. The summed E-state index contributed by atoms with van der Waals surface area (Å²) in [7, 11) is 0. The lowest BCUT2D eigenvalue weighted by Gasteiger charge is -2.32. The van der Waals surface area contributed by atoms with Gasteiger partial charge in [-0.05, 0) is 92.1 Å². The van der Waals surface area contributed by atoms with Crippen molar-refractivity contribution in [3.63, 3.8) is 0 Å². The number of amides is 2. The second kappa shape index (κ2) is 12.3. The fourth-order valence-electron chi connectivity index (χ4n) is 5.38.